The minimum atomic E-state index is -1.30. The fraction of sp³-hybridized carbons (Fsp3) is 0.450. The van der Waals surface area contributed by atoms with E-state index in [-0.39, 0.29) is 30.4 Å². The molecule has 2 heterocycles. The van der Waals surface area contributed by atoms with Crippen molar-refractivity contribution in [3.05, 3.63) is 29.8 Å². The third-order valence-electron chi connectivity index (χ3n) is 5.50. The number of hydrogen-bond acceptors (Lipinski definition) is 9. The summed E-state index contributed by atoms with van der Waals surface area (Å²) in [7, 11) is 1.83. The predicted octanol–water partition coefficient (Wildman–Crippen LogP) is -1.81. The summed E-state index contributed by atoms with van der Waals surface area (Å²) in [6, 6.07) is 4.53. The quantitative estimate of drug-likeness (QED) is 0.220. The number of carbonyl (C=O) groups excluding carboxylic acids is 2. The van der Waals surface area contributed by atoms with Gasteiger partial charge in [-0.1, -0.05) is 0 Å². The molecule has 4 atom stereocenters. The van der Waals surface area contributed by atoms with Crippen molar-refractivity contribution in [2.75, 3.05) is 25.5 Å². The molecule has 8 N–H and O–H groups in total. The van der Waals surface area contributed by atoms with E-state index in [1.54, 1.807) is 12.1 Å². The Balaban J connectivity index is 1.55. The second-order valence-corrected chi connectivity index (χ2v) is 7.83. The Morgan fingerprint density at radius 3 is 2.58 bits per heavy atom. The number of amides is 2. The molecule has 1 aromatic rings. The number of nitrogens with one attached hydrogen (secondary N) is 4. The lowest BCUT2D eigenvalue weighted by atomic mass is 10.1. The summed E-state index contributed by atoms with van der Waals surface area (Å²) in [6.45, 7) is 0.959. The zero-order valence-electron chi connectivity index (χ0n) is 17.9. The Labute approximate surface area is 189 Å². The number of aliphatic imine (C=N–C) groups is 1. The summed E-state index contributed by atoms with van der Waals surface area (Å²) < 4.78 is 0. The number of nitrogens with two attached hydrogens (primary N) is 1. The standard InChI is InChI=1S/C20H27N7O6/c1-27-12(9-23-16-15(27)18(31)26-20(21)25-16)8-22-11-4-2-10(3-5-11)17(30)24-13(19(32)33)6-7-14(28)29/h2-5,12-13,15,20,22H,6-9,21H2,1H3,(H,23,25)(H,24,30)(H,26,31)(H,28,29)(H,32,33)/t12-,13-,15-,20?/m0/s1. The van der Waals surface area contributed by atoms with Crippen molar-refractivity contribution in [3.63, 3.8) is 0 Å². The average molecular weight is 461 g/mol. The van der Waals surface area contributed by atoms with Crippen LogP contribution < -0.4 is 27.0 Å². The molecule has 0 saturated carbocycles. The second-order valence-electron chi connectivity index (χ2n) is 7.83. The van der Waals surface area contributed by atoms with Gasteiger partial charge in [0.2, 0.25) is 5.91 Å². The first-order chi connectivity index (χ1) is 15.7. The maximum absolute atomic E-state index is 12.3. The summed E-state index contributed by atoms with van der Waals surface area (Å²) in [5.74, 6) is -2.72. The highest BCUT2D eigenvalue weighted by Crippen LogP contribution is 2.16. The first kappa shape index (κ1) is 23.9. The molecule has 0 bridgehead atoms. The highest BCUT2D eigenvalue weighted by atomic mass is 16.4. The lowest BCUT2D eigenvalue weighted by Gasteiger charge is -2.42. The Kier molecular flexibility index (Phi) is 7.45. The van der Waals surface area contributed by atoms with Crippen LogP contribution in [0.2, 0.25) is 0 Å². The van der Waals surface area contributed by atoms with Gasteiger partial charge < -0.3 is 31.5 Å². The normalized spacial score (nSPS) is 23.3. The van der Waals surface area contributed by atoms with Crippen LogP contribution >= 0.6 is 0 Å². The summed E-state index contributed by atoms with van der Waals surface area (Å²) in [6.07, 6.45) is -1.24. The fourth-order valence-corrected chi connectivity index (χ4v) is 3.63. The van der Waals surface area contributed by atoms with E-state index in [2.05, 4.69) is 26.3 Å². The van der Waals surface area contributed by atoms with Crippen molar-refractivity contribution in [1.29, 1.82) is 0 Å². The van der Waals surface area contributed by atoms with Crippen LogP contribution in [0.15, 0.2) is 29.3 Å². The van der Waals surface area contributed by atoms with Crippen molar-refractivity contribution in [2.24, 2.45) is 10.7 Å². The highest BCUT2D eigenvalue weighted by molar-refractivity contribution is 6.09. The number of rotatable bonds is 9. The maximum Gasteiger partial charge on any atom is 0.326 e. The molecule has 1 unspecified atom stereocenters. The lowest BCUT2D eigenvalue weighted by Crippen LogP contribution is -2.71. The van der Waals surface area contributed by atoms with E-state index in [0.717, 1.165) is 5.69 Å². The van der Waals surface area contributed by atoms with Crippen LogP contribution in [0.5, 0.6) is 0 Å². The predicted molar refractivity (Wildman–Crippen MR) is 118 cm³/mol. The number of carbonyl (C=O) groups is 4. The van der Waals surface area contributed by atoms with Crippen LogP contribution in [0.3, 0.4) is 0 Å². The number of nitrogens with zero attached hydrogens (tertiary/aromatic N) is 2. The topological polar surface area (TPSA) is 198 Å². The van der Waals surface area contributed by atoms with Crippen LogP contribution in [0.25, 0.3) is 0 Å². The van der Waals surface area contributed by atoms with E-state index in [1.807, 2.05) is 11.9 Å². The number of hydrogen-bond donors (Lipinski definition) is 7. The van der Waals surface area contributed by atoms with E-state index in [1.165, 1.54) is 12.1 Å². The smallest absolute Gasteiger partial charge is 0.326 e. The fourth-order valence-electron chi connectivity index (χ4n) is 3.63. The van der Waals surface area contributed by atoms with E-state index < -0.39 is 36.2 Å². The van der Waals surface area contributed by atoms with Crippen LogP contribution in [0, 0.1) is 0 Å². The molecule has 3 rings (SSSR count). The van der Waals surface area contributed by atoms with Gasteiger partial charge in [-0.25, -0.2) is 4.79 Å². The molecule has 13 heteroatoms. The van der Waals surface area contributed by atoms with Crippen molar-refractivity contribution in [3.8, 4) is 0 Å². The Hall–Kier alpha value is -3.71. The summed E-state index contributed by atoms with van der Waals surface area (Å²) >= 11 is 0. The largest absolute Gasteiger partial charge is 0.481 e. The first-order valence-corrected chi connectivity index (χ1v) is 10.3. The summed E-state index contributed by atoms with van der Waals surface area (Å²) in [5.41, 5.74) is 6.68. The molecule has 2 aliphatic heterocycles. The van der Waals surface area contributed by atoms with Crippen molar-refractivity contribution in [1.82, 2.24) is 20.9 Å². The average Bonchev–Trinajstić information content (AvgIpc) is 2.75. The minimum Gasteiger partial charge on any atom is -0.481 e. The highest BCUT2D eigenvalue weighted by Gasteiger charge is 2.40. The van der Waals surface area contributed by atoms with Gasteiger partial charge in [-0.3, -0.25) is 30.0 Å². The van der Waals surface area contributed by atoms with Gasteiger partial charge in [0.05, 0.1) is 6.54 Å². The molecule has 0 spiro atoms. The molecule has 2 aliphatic rings. The molecule has 0 radical (unpaired) electrons. The molecule has 33 heavy (non-hydrogen) atoms. The van der Waals surface area contributed by atoms with Gasteiger partial charge in [0, 0.05) is 30.3 Å². The van der Waals surface area contributed by atoms with E-state index in [0.29, 0.717) is 18.9 Å². The molecule has 178 valence electrons. The lowest BCUT2D eigenvalue weighted by molar-refractivity contribution is -0.140. The zero-order chi connectivity index (χ0) is 24.1. The van der Waals surface area contributed by atoms with E-state index >= 15 is 0 Å². The molecular weight excluding hydrogens is 434 g/mol. The molecule has 1 fully saturated rings. The zero-order valence-corrected chi connectivity index (χ0v) is 17.9. The first-order valence-electron chi connectivity index (χ1n) is 10.3. The Bertz CT molecular complexity index is 951. The van der Waals surface area contributed by atoms with Crippen LogP contribution in [0.1, 0.15) is 23.2 Å². The third-order valence-corrected chi connectivity index (χ3v) is 5.50. The van der Waals surface area contributed by atoms with Gasteiger partial charge in [0.1, 0.15) is 17.9 Å². The molecule has 1 aromatic carbocycles. The number of fused-ring (bicyclic) bond motifs is 1. The number of amidine groups is 1. The SMILES string of the molecule is CN1[C@@H](CNc2ccc(C(=O)N[C@@H](CCC(=O)O)C(=O)O)cc2)CN=C2NC(N)NC(=O)[C@H]21. The second kappa shape index (κ2) is 10.3. The van der Waals surface area contributed by atoms with Gasteiger partial charge in [0.25, 0.3) is 5.91 Å². The van der Waals surface area contributed by atoms with Crippen LogP contribution in [-0.2, 0) is 14.4 Å². The number of aliphatic carboxylic acids is 2. The molecule has 13 nitrogen and oxygen atoms in total. The van der Waals surface area contributed by atoms with E-state index in [9.17, 15) is 24.3 Å². The maximum atomic E-state index is 12.3. The van der Waals surface area contributed by atoms with Gasteiger partial charge in [-0.15, -0.1) is 0 Å². The third kappa shape index (κ3) is 5.96. The summed E-state index contributed by atoms with van der Waals surface area (Å²) in [4.78, 5) is 52.9. The number of anilines is 1. The van der Waals surface area contributed by atoms with Crippen molar-refractivity contribution >= 4 is 35.3 Å². The molecule has 2 amide bonds. The number of carboxylic acids is 2. The number of likely N-dealkylation sites (N-methyl/N-ethyl adjacent to an activating group) is 1. The Morgan fingerprint density at radius 1 is 1.24 bits per heavy atom. The minimum absolute atomic E-state index is 0.0610. The monoisotopic (exact) mass is 461 g/mol. The van der Waals surface area contributed by atoms with Gasteiger partial charge in [0.15, 0.2) is 6.29 Å². The molecular formula is C20H27N7O6. The van der Waals surface area contributed by atoms with Gasteiger partial charge in [-0.05, 0) is 37.7 Å². The van der Waals surface area contributed by atoms with Crippen molar-refractivity contribution in [2.45, 2.75) is 37.3 Å². The van der Waals surface area contributed by atoms with E-state index in [4.69, 9.17) is 10.8 Å². The molecule has 0 aromatic heterocycles. The van der Waals surface area contributed by atoms with Gasteiger partial charge in [-0.2, -0.15) is 0 Å². The number of carboxylic acid groups (broad SMARTS) is 2. The molecule has 0 aliphatic carbocycles. The van der Waals surface area contributed by atoms with Crippen LogP contribution in [0.4, 0.5) is 5.69 Å². The number of benzene rings is 1. The van der Waals surface area contributed by atoms with Crippen molar-refractivity contribution < 1.29 is 29.4 Å². The van der Waals surface area contributed by atoms with Crippen LogP contribution in [-0.4, -0.2) is 89.3 Å². The Morgan fingerprint density at radius 2 is 1.94 bits per heavy atom. The summed E-state index contributed by atoms with van der Waals surface area (Å²) in [5, 5.41) is 29.1. The molecule has 1 saturated heterocycles. The van der Waals surface area contributed by atoms with Gasteiger partial charge >= 0.3 is 11.9 Å².